The predicted molar refractivity (Wildman–Crippen MR) is 104 cm³/mol. The zero-order chi connectivity index (χ0) is 20.1. The van der Waals surface area contributed by atoms with E-state index in [1.54, 1.807) is 12.1 Å². The number of rotatable bonds is 7. The lowest BCUT2D eigenvalue weighted by Gasteiger charge is -2.08. The number of carbonyl (C=O) groups is 1. The Kier molecular flexibility index (Phi) is 5.33. The Morgan fingerprint density at radius 2 is 1.79 bits per heavy atom. The number of hydrogen-bond donors (Lipinski definition) is 0. The molecule has 0 amide bonds. The Balaban J connectivity index is 1.38. The van der Waals surface area contributed by atoms with Crippen LogP contribution in [0.2, 0.25) is 0 Å². The van der Waals surface area contributed by atoms with Crippen LogP contribution in [0.3, 0.4) is 0 Å². The van der Waals surface area contributed by atoms with Gasteiger partial charge in [0.15, 0.2) is 17.9 Å². The molecule has 0 atom stereocenters. The highest BCUT2D eigenvalue weighted by Gasteiger charge is 2.14. The van der Waals surface area contributed by atoms with Crippen molar-refractivity contribution in [3.05, 3.63) is 88.7 Å². The molecule has 8 heteroatoms. The van der Waals surface area contributed by atoms with Crippen LogP contribution in [0.25, 0.3) is 11.1 Å². The van der Waals surface area contributed by atoms with Gasteiger partial charge in [-0.25, -0.2) is 14.5 Å². The third kappa shape index (κ3) is 4.49. The number of carbonyl (C=O) groups excluding carboxylic acids is 1. The van der Waals surface area contributed by atoms with Crippen LogP contribution in [0.15, 0.2) is 75.9 Å². The van der Waals surface area contributed by atoms with Crippen LogP contribution in [-0.2, 0) is 17.9 Å². The fourth-order valence-electron chi connectivity index (χ4n) is 2.67. The fourth-order valence-corrected chi connectivity index (χ4v) is 2.67. The maximum atomic E-state index is 12.3. The largest absolute Gasteiger partial charge is 0.492 e. The highest BCUT2D eigenvalue weighted by Crippen LogP contribution is 2.15. The Bertz CT molecular complexity index is 1150. The minimum absolute atomic E-state index is 0.0143. The van der Waals surface area contributed by atoms with Crippen LogP contribution in [0.5, 0.6) is 5.75 Å². The van der Waals surface area contributed by atoms with E-state index in [1.165, 1.54) is 16.8 Å². The summed E-state index contributed by atoms with van der Waals surface area (Å²) in [5.74, 6) is 0.295. The van der Waals surface area contributed by atoms with Crippen molar-refractivity contribution in [1.82, 2.24) is 14.8 Å². The van der Waals surface area contributed by atoms with Crippen molar-refractivity contribution in [2.24, 2.45) is 0 Å². The monoisotopic (exact) mass is 391 g/mol. The van der Waals surface area contributed by atoms with E-state index in [-0.39, 0.29) is 36.9 Å². The van der Waals surface area contributed by atoms with Gasteiger partial charge >= 0.3 is 5.97 Å². The van der Waals surface area contributed by atoms with Crippen LogP contribution >= 0.6 is 0 Å². The number of nitrogens with zero attached hydrogens (tertiary/aromatic N) is 3. The lowest BCUT2D eigenvalue weighted by Crippen LogP contribution is -2.27. The molecule has 0 bridgehead atoms. The summed E-state index contributed by atoms with van der Waals surface area (Å²) in [6, 6.07) is 19.1. The zero-order valence-electron chi connectivity index (χ0n) is 15.4. The van der Waals surface area contributed by atoms with Gasteiger partial charge in [0.1, 0.15) is 17.9 Å². The Hall–Kier alpha value is -3.94. The second-order valence-electron chi connectivity index (χ2n) is 6.09. The minimum atomic E-state index is -0.676. The van der Waals surface area contributed by atoms with Crippen LogP contribution < -0.4 is 10.3 Å². The van der Waals surface area contributed by atoms with Crippen molar-refractivity contribution in [1.29, 1.82) is 0 Å². The van der Waals surface area contributed by atoms with Crippen molar-refractivity contribution < 1.29 is 18.7 Å². The molecule has 2 aromatic carbocycles. The van der Waals surface area contributed by atoms with Crippen LogP contribution in [0.1, 0.15) is 16.4 Å². The fraction of sp³-hybridized carbons (Fsp3) is 0.143. The summed E-state index contributed by atoms with van der Waals surface area (Å²) in [6.07, 6.45) is 0. The first-order chi connectivity index (χ1) is 14.2. The molecule has 0 unspecified atom stereocenters. The van der Waals surface area contributed by atoms with Gasteiger partial charge in [-0.1, -0.05) is 30.3 Å². The van der Waals surface area contributed by atoms with E-state index in [0.717, 1.165) is 0 Å². The molecule has 0 saturated heterocycles. The van der Waals surface area contributed by atoms with Gasteiger partial charge in [-0.15, -0.1) is 0 Å². The summed E-state index contributed by atoms with van der Waals surface area (Å²) in [4.78, 5) is 28.5. The Morgan fingerprint density at radius 1 is 1.00 bits per heavy atom. The van der Waals surface area contributed by atoms with E-state index >= 15 is 0 Å². The molecule has 4 aromatic rings. The average Bonchev–Trinajstić information content (AvgIpc) is 3.17. The van der Waals surface area contributed by atoms with Crippen molar-refractivity contribution in [3.8, 4) is 5.75 Å². The van der Waals surface area contributed by atoms with Gasteiger partial charge in [-0.05, 0) is 30.3 Å². The first-order valence-electron chi connectivity index (χ1n) is 8.97. The smallest absolute Gasteiger partial charge is 0.359 e. The number of oxazole rings is 1. The SMILES string of the molecule is O=C(OCc1nc2ccccc2o1)c1ccc(=O)n(CCOc2ccccc2)n1. The average molecular weight is 391 g/mol. The molecular weight excluding hydrogens is 374 g/mol. The molecule has 0 aliphatic heterocycles. The van der Waals surface area contributed by atoms with E-state index in [2.05, 4.69) is 10.1 Å². The summed E-state index contributed by atoms with van der Waals surface area (Å²) in [6.45, 7) is 0.295. The number of hydrogen-bond acceptors (Lipinski definition) is 7. The normalized spacial score (nSPS) is 10.8. The van der Waals surface area contributed by atoms with E-state index in [0.29, 0.717) is 16.8 Å². The number of ether oxygens (including phenoxy) is 2. The third-order valence-electron chi connectivity index (χ3n) is 4.06. The summed E-state index contributed by atoms with van der Waals surface area (Å²) in [5, 5.41) is 4.06. The third-order valence-corrected chi connectivity index (χ3v) is 4.06. The van der Waals surface area contributed by atoms with E-state index in [9.17, 15) is 9.59 Å². The summed E-state index contributed by atoms with van der Waals surface area (Å²) >= 11 is 0. The predicted octanol–water partition coefficient (Wildman–Crippen LogP) is 2.82. The van der Waals surface area contributed by atoms with Crippen LogP contribution in [0, 0.1) is 0 Å². The van der Waals surface area contributed by atoms with Gasteiger partial charge < -0.3 is 13.9 Å². The lowest BCUT2D eigenvalue weighted by molar-refractivity contribution is 0.0429. The highest BCUT2D eigenvalue weighted by atomic mass is 16.5. The van der Waals surface area contributed by atoms with E-state index in [4.69, 9.17) is 13.9 Å². The number of benzene rings is 2. The van der Waals surface area contributed by atoms with Crippen molar-refractivity contribution in [2.45, 2.75) is 13.2 Å². The van der Waals surface area contributed by atoms with Gasteiger partial charge in [0.25, 0.3) is 5.56 Å². The van der Waals surface area contributed by atoms with Crippen LogP contribution in [0.4, 0.5) is 0 Å². The molecule has 146 valence electrons. The number of aromatic nitrogens is 3. The number of esters is 1. The maximum absolute atomic E-state index is 12.3. The second kappa shape index (κ2) is 8.39. The molecule has 29 heavy (non-hydrogen) atoms. The summed E-state index contributed by atoms with van der Waals surface area (Å²) < 4.78 is 17.4. The quantitative estimate of drug-likeness (QED) is 0.447. The van der Waals surface area contributed by atoms with Gasteiger partial charge in [-0.2, -0.15) is 5.10 Å². The van der Waals surface area contributed by atoms with E-state index < -0.39 is 5.97 Å². The summed E-state index contributed by atoms with van der Waals surface area (Å²) in [7, 11) is 0. The molecule has 0 radical (unpaired) electrons. The molecule has 8 nitrogen and oxygen atoms in total. The van der Waals surface area contributed by atoms with Gasteiger partial charge in [-0.3, -0.25) is 4.79 Å². The van der Waals surface area contributed by atoms with Gasteiger partial charge in [0.05, 0.1) is 6.54 Å². The molecule has 4 rings (SSSR count). The molecule has 0 saturated carbocycles. The second-order valence-corrected chi connectivity index (χ2v) is 6.09. The number of para-hydroxylation sites is 3. The van der Waals surface area contributed by atoms with Gasteiger partial charge in [0.2, 0.25) is 5.89 Å². The van der Waals surface area contributed by atoms with Crippen molar-refractivity contribution in [3.63, 3.8) is 0 Å². The van der Waals surface area contributed by atoms with Crippen LogP contribution in [-0.4, -0.2) is 27.3 Å². The van der Waals surface area contributed by atoms with E-state index in [1.807, 2.05) is 42.5 Å². The molecule has 0 aliphatic carbocycles. The Labute approximate surface area is 165 Å². The number of fused-ring (bicyclic) bond motifs is 1. The molecule has 0 fully saturated rings. The molecule has 0 spiro atoms. The summed E-state index contributed by atoms with van der Waals surface area (Å²) in [5.41, 5.74) is 0.977. The van der Waals surface area contributed by atoms with Gasteiger partial charge in [0, 0.05) is 6.07 Å². The zero-order valence-corrected chi connectivity index (χ0v) is 15.4. The van der Waals surface area contributed by atoms with Crippen molar-refractivity contribution >= 4 is 17.1 Å². The maximum Gasteiger partial charge on any atom is 0.359 e. The van der Waals surface area contributed by atoms with Crippen molar-refractivity contribution in [2.75, 3.05) is 6.61 Å². The lowest BCUT2D eigenvalue weighted by atomic mass is 10.3. The Morgan fingerprint density at radius 3 is 2.62 bits per heavy atom. The highest BCUT2D eigenvalue weighted by molar-refractivity contribution is 5.86. The first-order valence-corrected chi connectivity index (χ1v) is 8.97. The molecule has 0 aliphatic rings. The molecule has 2 aromatic heterocycles. The molecular formula is C21H17N3O5. The molecule has 2 heterocycles. The molecule has 0 N–H and O–H groups in total. The standard InChI is InChI=1S/C21H17N3O5/c25-20-11-10-17(23-24(20)12-13-27-15-6-2-1-3-7-15)21(26)28-14-19-22-16-8-4-5-9-18(16)29-19/h1-11H,12-14H2. The minimum Gasteiger partial charge on any atom is -0.492 e. The topological polar surface area (TPSA) is 96.5 Å². The first kappa shape index (κ1) is 18.4.